The molecule has 0 atom stereocenters. The summed E-state index contributed by atoms with van der Waals surface area (Å²) in [7, 11) is 5.11. The van der Waals surface area contributed by atoms with E-state index in [9.17, 15) is 0 Å². The zero-order valence-corrected chi connectivity index (χ0v) is 4.96. The maximum absolute atomic E-state index is 5.41. The third-order valence-corrected chi connectivity index (χ3v) is 1.08. The van der Waals surface area contributed by atoms with E-state index >= 15 is 0 Å². The molecule has 4 radical (unpaired) electrons. The van der Waals surface area contributed by atoms with Crippen molar-refractivity contribution in [1.29, 1.82) is 0 Å². The van der Waals surface area contributed by atoms with Gasteiger partial charge in [0.05, 0.1) is 7.05 Å². The van der Waals surface area contributed by atoms with Crippen LogP contribution in [0.1, 0.15) is 5.56 Å². The average molecular weight is 117 g/mol. The molecule has 0 bridgehead atoms. The molecule has 44 valence electrons. The topological polar surface area (TPSA) is 12.0 Å². The highest BCUT2D eigenvalue weighted by Gasteiger charge is 1.84. The Kier molecular flexibility index (Phi) is 1.73. The van der Waals surface area contributed by atoms with E-state index in [2.05, 4.69) is 5.32 Å². The Labute approximate surface area is 55.7 Å². The van der Waals surface area contributed by atoms with Crippen LogP contribution in [0.25, 0.3) is 0 Å². The molecular weight excluding hydrogens is 110 g/mol. The van der Waals surface area contributed by atoms with E-state index in [0.717, 1.165) is 11.3 Å². The predicted molar refractivity (Wildman–Crippen MR) is 37.8 cm³/mol. The van der Waals surface area contributed by atoms with Crippen LogP contribution in [-0.2, 0) is 0 Å². The van der Waals surface area contributed by atoms with Crippen molar-refractivity contribution in [2.45, 2.75) is 0 Å². The highest BCUT2D eigenvalue weighted by molar-refractivity contribution is 5.45. The second-order valence-electron chi connectivity index (χ2n) is 1.77. The number of anilines is 1. The van der Waals surface area contributed by atoms with Crippen molar-refractivity contribution < 1.29 is 0 Å². The molecule has 0 aliphatic rings. The highest BCUT2D eigenvalue weighted by atomic mass is 14.8. The first kappa shape index (κ1) is 6.14. The lowest BCUT2D eigenvalue weighted by molar-refractivity contribution is 1.55. The molecule has 0 aliphatic carbocycles. The summed E-state index contributed by atoms with van der Waals surface area (Å²) in [4.78, 5) is 0. The summed E-state index contributed by atoms with van der Waals surface area (Å²) < 4.78 is 0. The van der Waals surface area contributed by atoms with Crippen molar-refractivity contribution in [1.82, 2.24) is 0 Å². The van der Waals surface area contributed by atoms with Gasteiger partial charge in [-0.2, -0.15) is 0 Å². The van der Waals surface area contributed by atoms with Crippen molar-refractivity contribution in [3.05, 3.63) is 43.8 Å². The van der Waals surface area contributed by atoms with Crippen LogP contribution in [0.15, 0.2) is 24.3 Å². The van der Waals surface area contributed by atoms with Gasteiger partial charge in [0.1, 0.15) is 0 Å². The van der Waals surface area contributed by atoms with Crippen molar-refractivity contribution >= 4 is 5.69 Å². The molecule has 0 heterocycles. The molecule has 1 N–H and O–H groups in total. The molecule has 1 rings (SSSR count). The molecule has 0 aliphatic heterocycles. The summed E-state index contributed by atoms with van der Waals surface area (Å²) in [5.74, 6) is 0. The van der Waals surface area contributed by atoms with Gasteiger partial charge < -0.3 is 5.32 Å². The first-order chi connectivity index (χ1) is 4.33. The maximum atomic E-state index is 5.41. The fourth-order valence-electron chi connectivity index (χ4n) is 0.579. The Morgan fingerprint density at radius 2 is 1.67 bits per heavy atom. The molecular formula is C8H7N. The molecule has 0 amide bonds. The van der Waals surface area contributed by atoms with Gasteiger partial charge in [0.2, 0.25) is 0 Å². The van der Waals surface area contributed by atoms with Crippen LogP contribution in [0.3, 0.4) is 0 Å². The highest BCUT2D eigenvalue weighted by Crippen LogP contribution is 2.06. The summed E-state index contributed by atoms with van der Waals surface area (Å²) in [5.41, 5.74) is 1.61. The lowest BCUT2D eigenvalue weighted by atomic mass is 10.2. The lowest BCUT2D eigenvalue weighted by Crippen LogP contribution is -1.82. The summed E-state index contributed by atoms with van der Waals surface area (Å²) in [6.07, 6.45) is 0. The van der Waals surface area contributed by atoms with Gasteiger partial charge in [-0.1, -0.05) is 12.1 Å². The Bertz CT molecular complexity index is 176. The Hall–Kier alpha value is -0.980. The quantitative estimate of drug-likeness (QED) is 0.553. The third-order valence-electron chi connectivity index (χ3n) is 1.08. The summed E-state index contributed by atoms with van der Waals surface area (Å²) >= 11 is 0. The zero-order chi connectivity index (χ0) is 6.69. The van der Waals surface area contributed by atoms with Crippen LogP contribution in [-0.4, -0.2) is 0 Å². The van der Waals surface area contributed by atoms with Gasteiger partial charge in [0.15, 0.2) is 0 Å². The van der Waals surface area contributed by atoms with E-state index in [1.54, 1.807) is 12.1 Å². The van der Waals surface area contributed by atoms with Crippen molar-refractivity contribution in [3.63, 3.8) is 0 Å². The van der Waals surface area contributed by atoms with Gasteiger partial charge in [-0.05, 0) is 24.6 Å². The number of hydrogen-bond acceptors (Lipinski definition) is 1. The first-order valence-electron chi connectivity index (χ1n) is 2.65. The monoisotopic (exact) mass is 117 g/mol. The number of benzene rings is 1. The number of nitrogens with one attached hydrogen (secondary N) is 1. The van der Waals surface area contributed by atoms with E-state index < -0.39 is 0 Å². The first-order valence-corrected chi connectivity index (χ1v) is 2.65. The fraction of sp³-hybridized carbons (Fsp3) is 0. The largest absolute Gasteiger partial charge is 0.378 e. The Balaban J connectivity index is 2.88. The predicted octanol–water partition coefficient (Wildman–Crippen LogP) is 1.83. The van der Waals surface area contributed by atoms with E-state index in [1.807, 2.05) is 12.1 Å². The zero-order valence-electron chi connectivity index (χ0n) is 4.96. The smallest absolute Gasteiger partial charge is 0.0705 e. The van der Waals surface area contributed by atoms with Crippen LogP contribution >= 0.6 is 0 Å². The molecule has 1 nitrogen and oxygen atoms in total. The van der Waals surface area contributed by atoms with E-state index in [0.29, 0.717) is 0 Å². The van der Waals surface area contributed by atoms with Gasteiger partial charge in [-0.3, -0.25) is 0 Å². The van der Waals surface area contributed by atoms with Crippen LogP contribution in [0.2, 0.25) is 0 Å². The molecule has 1 aromatic carbocycles. The van der Waals surface area contributed by atoms with Gasteiger partial charge in [-0.25, -0.2) is 0 Å². The second kappa shape index (κ2) is 2.53. The second-order valence-corrected chi connectivity index (χ2v) is 1.77. The molecule has 0 saturated carbocycles. The molecule has 0 fully saturated rings. The van der Waals surface area contributed by atoms with Gasteiger partial charge in [0.25, 0.3) is 0 Å². The molecule has 0 spiro atoms. The normalized spacial score (nSPS) is 9.11. The van der Waals surface area contributed by atoms with Gasteiger partial charge in [-0.15, -0.1) is 0 Å². The van der Waals surface area contributed by atoms with E-state index in [1.165, 1.54) is 0 Å². The molecule has 1 aromatic rings. The minimum Gasteiger partial charge on any atom is -0.378 e. The average Bonchev–Trinajstić information content (AvgIpc) is 1.90. The van der Waals surface area contributed by atoms with Gasteiger partial charge >= 0.3 is 0 Å². The van der Waals surface area contributed by atoms with Crippen LogP contribution in [0, 0.1) is 14.0 Å². The van der Waals surface area contributed by atoms with Crippen molar-refractivity contribution in [2.75, 3.05) is 5.32 Å². The molecule has 0 saturated heterocycles. The lowest BCUT2D eigenvalue weighted by Gasteiger charge is -1.96. The van der Waals surface area contributed by atoms with Gasteiger partial charge in [0, 0.05) is 5.69 Å². The van der Waals surface area contributed by atoms with Crippen LogP contribution in [0.5, 0.6) is 0 Å². The van der Waals surface area contributed by atoms with E-state index in [-0.39, 0.29) is 0 Å². The molecule has 0 unspecified atom stereocenters. The fourth-order valence-corrected chi connectivity index (χ4v) is 0.579. The van der Waals surface area contributed by atoms with Crippen LogP contribution < -0.4 is 5.32 Å². The summed E-state index contributed by atoms with van der Waals surface area (Å²) in [5, 5.41) is 2.50. The molecule has 0 aromatic heterocycles. The Morgan fingerprint density at radius 1 is 1.11 bits per heavy atom. The van der Waals surface area contributed by atoms with E-state index in [4.69, 9.17) is 14.0 Å². The van der Waals surface area contributed by atoms with Crippen LogP contribution in [0.4, 0.5) is 5.69 Å². The molecule has 9 heavy (non-hydrogen) atoms. The maximum Gasteiger partial charge on any atom is 0.0705 e. The third kappa shape index (κ3) is 1.46. The summed E-state index contributed by atoms with van der Waals surface area (Å²) in [6, 6.07) is 7.20. The minimum atomic E-state index is 0.744. The SMILES string of the molecule is [CH]Nc1ccc([CH])cc1. The standard InChI is InChI=1S/C8H7N/c1-7-3-5-8(9-2)6-4-7/h1-6,9H. The Morgan fingerprint density at radius 3 is 2.11 bits per heavy atom. The number of hydrogen-bond donors (Lipinski definition) is 1. The summed E-state index contributed by atoms with van der Waals surface area (Å²) in [6.45, 7) is 5.41. The van der Waals surface area contributed by atoms with Crippen molar-refractivity contribution in [2.24, 2.45) is 0 Å². The minimum absolute atomic E-state index is 0.744. The van der Waals surface area contributed by atoms with Crippen molar-refractivity contribution in [3.8, 4) is 0 Å². The number of rotatable bonds is 1. The molecule has 1 heteroatoms.